The fourth-order valence-corrected chi connectivity index (χ4v) is 3.96. The molecule has 1 N–H and O–H groups in total. The molecule has 0 fully saturated rings. The lowest BCUT2D eigenvalue weighted by Crippen LogP contribution is -2.11. The van der Waals surface area contributed by atoms with Crippen LogP contribution in [0.5, 0.6) is 0 Å². The highest BCUT2D eigenvalue weighted by molar-refractivity contribution is 7.20. The summed E-state index contributed by atoms with van der Waals surface area (Å²) in [7, 11) is 0. The van der Waals surface area contributed by atoms with Gasteiger partial charge in [-0.2, -0.15) is 0 Å². The largest absolute Gasteiger partial charge is 0.298 e. The third-order valence-corrected chi connectivity index (χ3v) is 4.99. The lowest BCUT2D eigenvalue weighted by Gasteiger charge is -2.01. The van der Waals surface area contributed by atoms with E-state index in [0.29, 0.717) is 19.5 Å². The fourth-order valence-electron chi connectivity index (χ4n) is 1.77. The lowest BCUT2D eigenvalue weighted by atomic mass is 10.2. The number of anilines is 1. The molecule has 0 aliphatic rings. The molecule has 0 aliphatic carbocycles. The second-order valence-corrected chi connectivity index (χ2v) is 7.38. The summed E-state index contributed by atoms with van der Waals surface area (Å²) in [5.74, 6) is -0.887. The molecule has 1 aromatic carbocycles. The van der Waals surface area contributed by atoms with Crippen LogP contribution in [0.15, 0.2) is 35.7 Å². The standard InChI is InChI=1S/C14H7Cl2FN2OS2/c15-11-5-9(12(16)22-11)10-6-21-14(18-10)19-13(20)7-2-1-3-8(17)4-7/h1-6H,(H,18,19,20). The van der Waals surface area contributed by atoms with E-state index in [9.17, 15) is 9.18 Å². The molecule has 0 spiro atoms. The number of benzene rings is 1. The molecule has 0 aliphatic heterocycles. The number of thiazole rings is 1. The molecule has 2 aromatic heterocycles. The van der Waals surface area contributed by atoms with Crippen LogP contribution in [0.4, 0.5) is 9.52 Å². The molecule has 8 heteroatoms. The van der Waals surface area contributed by atoms with Crippen LogP contribution in [0.25, 0.3) is 11.3 Å². The molecular formula is C14H7Cl2FN2OS2. The van der Waals surface area contributed by atoms with Gasteiger partial charge < -0.3 is 0 Å². The SMILES string of the molecule is O=C(Nc1nc(-c2cc(Cl)sc2Cl)cs1)c1cccc(F)c1. The van der Waals surface area contributed by atoms with E-state index in [1.54, 1.807) is 11.4 Å². The van der Waals surface area contributed by atoms with Gasteiger partial charge in [-0.25, -0.2) is 9.37 Å². The van der Waals surface area contributed by atoms with Crippen molar-refractivity contribution in [1.29, 1.82) is 0 Å². The van der Waals surface area contributed by atoms with Crippen LogP contribution in [-0.4, -0.2) is 10.9 Å². The third kappa shape index (κ3) is 3.30. The molecule has 0 atom stereocenters. The average molecular weight is 373 g/mol. The molecule has 0 unspecified atom stereocenters. The maximum absolute atomic E-state index is 13.1. The Labute approximate surface area is 143 Å². The Morgan fingerprint density at radius 1 is 1.27 bits per heavy atom. The number of nitrogens with one attached hydrogen (secondary N) is 1. The number of hydrogen-bond acceptors (Lipinski definition) is 4. The van der Waals surface area contributed by atoms with Crippen molar-refractivity contribution < 1.29 is 9.18 Å². The number of carbonyl (C=O) groups is 1. The van der Waals surface area contributed by atoms with Crippen LogP contribution >= 0.6 is 45.9 Å². The zero-order valence-electron chi connectivity index (χ0n) is 10.8. The van der Waals surface area contributed by atoms with Gasteiger partial charge in [-0.3, -0.25) is 10.1 Å². The van der Waals surface area contributed by atoms with Crippen molar-refractivity contribution in [2.45, 2.75) is 0 Å². The van der Waals surface area contributed by atoms with Gasteiger partial charge in [0.15, 0.2) is 5.13 Å². The third-order valence-electron chi connectivity index (χ3n) is 2.74. The molecule has 112 valence electrons. The summed E-state index contributed by atoms with van der Waals surface area (Å²) < 4.78 is 14.2. The van der Waals surface area contributed by atoms with Crippen molar-refractivity contribution in [2.24, 2.45) is 0 Å². The Morgan fingerprint density at radius 2 is 2.09 bits per heavy atom. The highest BCUT2D eigenvalue weighted by Crippen LogP contribution is 2.39. The number of rotatable bonds is 3. The van der Waals surface area contributed by atoms with E-state index in [0.717, 1.165) is 5.56 Å². The van der Waals surface area contributed by atoms with Crippen molar-refractivity contribution in [3.05, 3.63) is 55.8 Å². The molecule has 2 heterocycles. The maximum atomic E-state index is 13.1. The number of carbonyl (C=O) groups excluding carboxylic acids is 1. The zero-order valence-corrected chi connectivity index (χ0v) is 13.9. The molecular weight excluding hydrogens is 366 g/mol. The maximum Gasteiger partial charge on any atom is 0.257 e. The lowest BCUT2D eigenvalue weighted by molar-refractivity contribution is 0.102. The number of nitrogens with zero attached hydrogens (tertiary/aromatic N) is 1. The number of hydrogen-bond donors (Lipinski definition) is 1. The monoisotopic (exact) mass is 372 g/mol. The first-order chi connectivity index (χ1) is 10.5. The Hall–Kier alpha value is -1.47. The van der Waals surface area contributed by atoms with E-state index in [4.69, 9.17) is 23.2 Å². The van der Waals surface area contributed by atoms with Gasteiger partial charge in [-0.15, -0.1) is 22.7 Å². The van der Waals surface area contributed by atoms with Crippen molar-refractivity contribution in [2.75, 3.05) is 5.32 Å². The van der Waals surface area contributed by atoms with Crippen LogP contribution in [0.2, 0.25) is 8.67 Å². The van der Waals surface area contributed by atoms with Crippen LogP contribution in [-0.2, 0) is 0 Å². The molecule has 22 heavy (non-hydrogen) atoms. The average Bonchev–Trinajstić information content (AvgIpc) is 3.05. The molecule has 3 nitrogen and oxygen atoms in total. The Balaban J connectivity index is 1.80. The number of aromatic nitrogens is 1. The molecule has 0 saturated heterocycles. The summed E-state index contributed by atoms with van der Waals surface area (Å²) in [5, 5.41) is 4.81. The summed E-state index contributed by atoms with van der Waals surface area (Å²) in [6.07, 6.45) is 0. The van der Waals surface area contributed by atoms with Gasteiger partial charge in [0.25, 0.3) is 5.91 Å². The van der Waals surface area contributed by atoms with Gasteiger partial charge in [-0.1, -0.05) is 29.3 Å². The van der Waals surface area contributed by atoms with Gasteiger partial charge in [0, 0.05) is 16.5 Å². The van der Waals surface area contributed by atoms with E-state index in [2.05, 4.69) is 10.3 Å². The number of halogens is 3. The van der Waals surface area contributed by atoms with Gasteiger partial charge in [0.2, 0.25) is 0 Å². The van der Waals surface area contributed by atoms with Crippen molar-refractivity contribution in [3.63, 3.8) is 0 Å². The second kappa shape index (κ2) is 6.34. The highest BCUT2D eigenvalue weighted by atomic mass is 35.5. The van der Waals surface area contributed by atoms with E-state index in [-0.39, 0.29) is 5.56 Å². The van der Waals surface area contributed by atoms with Crippen LogP contribution in [0.3, 0.4) is 0 Å². The minimum absolute atomic E-state index is 0.230. The van der Waals surface area contributed by atoms with E-state index < -0.39 is 11.7 Å². The molecule has 3 aromatic rings. The van der Waals surface area contributed by atoms with Gasteiger partial charge in [0.1, 0.15) is 10.2 Å². The quantitative estimate of drug-likeness (QED) is 0.652. The van der Waals surface area contributed by atoms with Crippen molar-refractivity contribution in [3.8, 4) is 11.3 Å². The molecule has 3 rings (SSSR count). The van der Waals surface area contributed by atoms with Crippen molar-refractivity contribution in [1.82, 2.24) is 4.98 Å². The van der Waals surface area contributed by atoms with Crippen LogP contribution < -0.4 is 5.32 Å². The summed E-state index contributed by atoms with van der Waals surface area (Å²) in [6, 6.07) is 7.18. The predicted octanol–water partition coefficient (Wildman–Crippen LogP) is 5.57. The molecule has 0 radical (unpaired) electrons. The van der Waals surface area contributed by atoms with Gasteiger partial charge in [-0.05, 0) is 24.3 Å². The topological polar surface area (TPSA) is 42.0 Å². The zero-order chi connectivity index (χ0) is 15.7. The minimum Gasteiger partial charge on any atom is -0.298 e. The van der Waals surface area contributed by atoms with Crippen LogP contribution in [0.1, 0.15) is 10.4 Å². The summed E-state index contributed by atoms with van der Waals surface area (Å²) in [4.78, 5) is 16.3. The summed E-state index contributed by atoms with van der Waals surface area (Å²) in [6.45, 7) is 0. The first kappa shape index (κ1) is 15.4. The van der Waals surface area contributed by atoms with E-state index in [1.165, 1.54) is 46.9 Å². The smallest absolute Gasteiger partial charge is 0.257 e. The number of thiophene rings is 1. The van der Waals surface area contributed by atoms with Crippen LogP contribution in [0, 0.1) is 5.82 Å². The van der Waals surface area contributed by atoms with Gasteiger partial charge in [0.05, 0.1) is 10.0 Å². The highest BCUT2D eigenvalue weighted by Gasteiger charge is 2.14. The van der Waals surface area contributed by atoms with Gasteiger partial charge >= 0.3 is 0 Å². The predicted molar refractivity (Wildman–Crippen MR) is 89.8 cm³/mol. The summed E-state index contributed by atoms with van der Waals surface area (Å²) in [5.41, 5.74) is 1.58. The summed E-state index contributed by atoms with van der Waals surface area (Å²) >= 11 is 14.5. The van der Waals surface area contributed by atoms with E-state index in [1.807, 2.05) is 0 Å². The Bertz CT molecular complexity index is 847. The Morgan fingerprint density at radius 3 is 2.77 bits per heavy atom. The minimum atomic E-state index is -0.466. The molecule has 0 bridgehead atoms. The molecule has 0 saturated carbocycles. The molecule has 1 amide bonds. The van der Waals surface area contributed by atoms with Crippen molar-refractivity contribution >= 4 is 56.9 Å². The second-order valence-electron chi connectivity index (χ2n) is 4.24. The van der Waals surface area contributed by atoms with E-state index >= 15 is 0 Å². The normalized spacial score (nSPS) is 10.7. The Kier molecular flexibility index (Phi) is 4.44. The number of amides is 1. The fraction of sp³-hybridized carbons (Fsp3) is 0. The first-order valence-corrected chi connectivity index (χ1v) is 8.46. The first-order valence-electron chi connectivity index (χ1n) is 6.00.